The van der Waals surface area contributed by atoms with E-state index in [1.165, 1.54) is 6.92 Å². The zero-order valence-electron chi connectivity index (χ0n) is 14.5. The number of rotatable bonds is 6. The second-order valence-electron chi connectivity index (χ2n) is 6.65. The van der Waals surface area contributed by atoms with Gasteiger partial charge in [-0.25, -0.2) is 4.98 Å². The van der Waals surface area contributed by atoms with Crippen LogP contribution in [-0.2, 0) is 6.42 Å². The van der Waals surface area contributed by atoms with Gasteiger partial charge in [-0.1, -0.05) is 13.0 Å². The molecule has 1 aliphatic carbocycles. The molecule has 0 saturated heterocycles. The molecule has 2 rings (SSSR count). The van der Waals surface area contributed by atoms with Gasteiger partial charge in [-0.15, -0.1) is 0 Å². The number of hydrogen-bond acceptors (Lipinski definition) is 4. The highest BCUT2D eigenvalue weighted by Crippen LogP contribution is 2.29. The number of alkyl halides is 3. The van der Waals surface area contributed by atoms with Crippen LogP contribution in [0.3, 0.4) is 0 Å². The van der Waals surface area contributed by atoms with Gasteiger partial charge in [0.05, 0.1) is 5.92 Å². The SMILES string of the molecule is CC(C)Nc1nc(CC[C@H](C)C(F)(F)F)nc(C2=CCCCC2)n1. The lowest BCUT2D eigenvalue weighted by Crippen LogP contribution is -2.21. The Hall–Kier alpha value is -1.66. The van der Waals surface area contributed by atoms with Gasteiger partial charge >= 0.3 is 6.18 Å². The van der Waals surface area contributed by atoms with Gasteiger partial charge in [-0.3, -0.25) is 0 Å². The highest BCUT2D eigenvalue weighted by molar-refractivity contribution is 5.61. The molecule has 0 saturated carbocycles. The van der Waals surface area contributed by atoms with Crippen molar-refractivity contribution in [3.8, 4) is 0 Å². The summed E-state index contributed by atoms with van der Waals surface area (Å²) in [6.45, 7) is 5.13. The number of halogens is 3. The summed E-state index contributed by atoms with van der Waals surface area (Å²) >= 11 is 0. The van der Waals surface area contributed by atoms with E-state index in [0.29, 0.717) is 17.6 Å². The smallest absolute Gasteiger partial charge is 0.352 e. The highest BCUT2D eigenvalue weighted by atomic mass is 19.4. The molecule has 0 unspecified atom stereocenters. The first kappa shape index (κ1) is 18.7. The fourth-order valence-electron chi connectivity index (χ4n) is 2.55. The van der Waals surface area contributed by atoms with Crippen molar-refractivity contribution in [2.45, 2.75) is 71.5 Å². The Bertz CT molecular complexity index is 582. The fraction of sp³-hybridized carbons (Fsp3) is 0.706. The highest BCUT2D eigenvalue weighted by Gasteiger charge is 2.35. The molecule has 1 atom stereocenters. The van der Waals surface area contributed by atoms with E-state index in [0.717, 1.165) is 31.3 Å². The van der Waals surface area contributed by atoms with Gasteiger partial charge in [0.15, 0.2) is 5.82 Å². The third kappa shape index (κ3) is 5.46. The van der Waals surface area contributed by atoms with Crippen molar-refractivity contribution in [3.63, 3.8) is 0 Å². The molecule has 134 valence electrons. The van der Waals surface area contributed by atoms with Crippen LogP contribution in [-0.4, -0.2) is 27.2 Å². The average Bonchev–Trinajstić information content (AvgIpc) is 2.51. The third-order valence-corrected chi connectivity index (χ3v) is 4.04. The summed E-state index contributed by atoms with van der Waals surface area (Å²) in [7, 11) is 0. The van der Waals surface area contributed by atoms with Crippen molar-refractivity contribution in [3.05, 3.63) is 17.7 Å². The van der Waals surface area contributed by atoms with E-state index in [2.05, 4.69) is 26.3 Å². The van der Waals surface area contributed by atoms with Crippen LogP contribution < -0.4 is 5.32 Å². The first-order valence-electron chi connectivity index (χ1n) is 8.53. The molecule has 0 aromatic carbocycles. The quantitative estimate of drug-likeness (QED) is 0.808. The Balaban J connectivity index is 2.21. The van der Waals surface area contributed by atoms with Gasteiger partial charge in [0.25, 0.3) is 0 Å². The minimum atomic E-state index is -4.18. The Kier molecular flexibility index (Phi) is 6.18. The van der Waals surface area contributed by atoms with E-state index in [1.54, 1.807) is 0 Å². The number of nitrogens with one attached hydrogen (secondary N) is 1. The number of nitrogens with zero attached hydrogens (tertiary/aromatic N) is 3. The molecule has 1 aromatic heterocycles. The third-order valence-electron chi connectivity index (χ3n) is 4.04. The van der Waals surface area contributed by atoms with E-state index in [4.69, 9.17) is 0 Å². The average molecular weight is 342 g/mol. The first-order chi connectivity index (χ1) is 11.3. The maximum Gasteiger partial charge on any atom is 0.391 e. The Labute approximate surface area is 141 Å². The molecule has 1 aliphatic rings. The second kappa shape index (κ2) is 7.94. The van der Waals surface area contributed by atoms with Crippen LogP contribution in [0.2, 0.25) is 0 Å². The topological polar surface area (TPSA) is 50.7 Å². The standard InChI is InChI=1S/C17H25F3N4/c1-11(2)21-16-23-14(10-9-12(3)17(18,19)20)22-15(24-16)13-7-5-4-6-8-13/h7,11-12H,4-6,8-10H2,1-3H3,(H,21,22,23,24)/t12-/m0/s1. The van der Waals surface area contributed by atoms with E-state index < -0.39 is 12.1 Å². The molecule has 0 amide bonds. The molecule has 7 heteroatoms. The summed E-state index contributed by atoms with van der Waals surface area (Å²) in [5, 5.41) is 3.13. The summed E-state index contributed by atoms with van der Waals surface area (Å²) in [6, 6.07) is 0.141. The molecule has 24 heavy (non-hydrogen) atoms. The number of aryl methyl sites for hydroxylation is 1. The Morgan fingerprint density at radius 1 is 1.12 bits per heavy atom. The predicted octanol–water partition coefficient (Wildman–Crippen LogP) is 4.78. The molecule has 0 radical (unpaired) electrons. The molecular weight excluding hydrogens is 317 g/mol. The van der Waals surface area contributed by atoms with Crippen LogP contribution in [0, 0.1) is 5.92 Å². The van der Waals surface area contributed by atoms with Crippen molar-refractivity contribution < 1.29 is 13.2 Å². The molecule has 4 nitrogen and oxygen atoms in total. The molecule has 0 aliphatic heterocycles. The van der Waals surface area contributed by atoms with Crippen molar-refractivity contribution in [2.24, 2.45) is 5.92 Å². The molecule has 1 aromatic rings. The lowest BCUT2D eigenvalue weighted by molar-refractivity contribution is -0.171. The van der Waals surface area contributed by atoms with Gasteiger partial charge in [0.2, 0.25) is 5.95 Å². The molecule has 1 N–H and O–H groups in total. The Morgan fingerprint density at radius 3 is 2.46 bits per heavy atom. The molecule has 1 heterocycles. The van der Waals surface area contributed by atoms with Crippen LogP contribution in [0.1, 0.15) is 64.5 Å². The van der Waals surface area contributed by atoms with Crippen LogP contribution in [0.15, 0.2) is 6.08 Å². The monoisotopic (exact) mass is 342 g/mol. The molecular formula is C17H25F3N4. The summed E-state index contributed by atoms with van der Waals surface area (Å²) in [5.41, 5.74) is 1.07. The van der Waals surface area contributed by atoms with Gasteiger partial charge in [0, 0.05) is 12.5 Å². The second-order valence-corrected chi connectivity index (χ2v) is 6.65. The van der Waals surface area contributed by atoms with E-state index >= 15 is 0 Å². The van der Waals surface area contributed by atoms with Gasteiger partial charge in [-0.2, -0.15) is 23.1 Å². The summed E-state index contributed by atoms with van der Waals surface area (Å²) in [4.78, 5) is 13.2. The van der Waals surface area contributed by atoms with E-state index in [1.807, 2.05) is 13.8 Å². The zero-order chi connectivity index (χ0) is 17.7. The van der Waals surface area contributed by atoms with Crippen molar-refractivity contribution in [2.75, 3.05) is 5.32 Å². The minimum absolute atomic E-state index is 0.0207. The fourth-order valence-corrected chi connectivity index (χ4v) is 2.55. The summed E-state index contributed by atoms with van der Waals surface area (Å²) < 4.78 is 38.1. The molecule has 0 bridgehead atoms. The summed E-state index contributed by atoms with van der Waals surface area (Å²) in [6.07, 6.45) is 2.26. The minimum Gasteiger partial charge on any atom is -0.352 e. The van der Waals surface area contributed by atoms with Crippen LogP contribution in [0.25, 0.3) is 5.57 Å². The number of allylic oxidation sites excluding steroid dienone is 2. The van der Waals surface area contributed by atoms with Crippen molar-refractivity contribution in [1.29, 1.82) is 0 Å². The first-order valence-corrected chi connectivity index (χ1v) is 8.53. The lowest BCUT2D eigenvalue weighted by Gasteiger charge is -2.17. The van der Waals surface area contributed by atoms with Crippen molar-refractivity contribution >= 4 is 11.5 Å². The van der Waals surface area contributed by atoms with E-state index in [9.17, 15) is 13.2 Å². The van der Waals surface area contributed by atoms with Crippen molar-refractivity contribution in [1.82, 2.24) is 15.0 Å². The molecule has 0 fully saturated rings. The largest absolute Gasteiger partial charge is 0.391 e. The predicted molar refractivity (Wildman–Crippen MR) is 88.6 cm³/mol. The summed E-state index contributed by atoms with van der Waals surface area (Å²) in [5.74, 6) is 0.0949. The van der Waals surface area contributed by atoms with E-state index in [-0.39, 0.29) is 18.9 Å². The normalized spacial score (nSPS) is 16.9. The molecule has 0 spiro atoms. The van der Waals surface area contributed by atoms with Crippen LogP contribution >= 0.6 is 0 Å². The van der Waals surface area contributed by atoms with Gasteiger partial charge < -0.3 is 5.32 Å². The maximum atomic E-state index is 12.7. The van der Waals surface area contributed by atoms with Gasteiger partial charge in [-0.05, 0) is 51.5 Å². The van der Waals surface area contributed by atoms with Gasteiger partial charge in [0.1, 0.15) is 5.82 Å². The lowest BCUT2D eigenvalue weighted by atomic mass is 9.99. The number of aromatic nitrogens is 3. The number of hydrogen-bond donors (Lipinski definition) is 1. The Morgan fingerprint density at radius 2 is 1.88 bits per heavy atom. The number of anilines is 1. The maximum absolute atomic E-state index is 12.7. The zero-order valence-corrected chi connectivity index (χ0v) is 14.5. The van der Waals surface area contributed by atoms with Crippen LogP contribution in [0.4, 0.5) is 19.1 Å². The van der Waals surface area contributed by atoms with Crippen LogP contribution in [0.5, 0.6) is 0 Å².